The number of anilines is 1. The number of carbonyl (C=O) groups is 1. The Labute approximate surface area is 155 Å². The molecule has 138 valence electrons. The molecule has 0 radical (unpaired) electrons. The van der Waals surface area contributed by atoms with Gasteiger partial charge in [-0.2, -0.15) is 5.10 Å². The minimum absolute atomic E-state index is 0.0241. The van der Waals surface area contributed by atoms with E-state index in [1.165, 1.54) is 12.1 Å². The third-order valence-corrected chi connectivity index (χ3v) is 4.82. The summed E-state index contributed by atoms with van der Waals surface area (Å²) in [5.41, 5.74) is 8.72. The van der Waals surface area contributed by atoms with Crippen LogP contribution in [-0.2, 0) is 0 Å². The molecule has 3 N–H and O–H groups in total. The number of amides is 1. The van der Waals surface area contributed by atoms with Crippen LogP contribution in [0.15, 0.2) is 42.7 Å². The van der Waals surface area contributed by atoms with Crippen LogP contribution in [0.25, 0.3) is 11.1 Å². The number of likely N-dealkylation sites (tertiary alicyclic amines) is 1. The summed E-state index contributed by atoms with van der Waals surface area (Å²) in [7, 11) is 0. The molecule has 1 amide bonds. The zero-order chi connectivity index (χ0) is 18.8. The predicted molar refractivity (Wildman–Crippen MR) is 98.3 cm³/mol. The molecule has 0 aliphatic carbocycles. The van der Waals surface area contributed by atoms with Crippen molar-refractivity contribution in [2.75, 3.05) is 18.8 Å². The van der Waals surface area contributed by atoms with E-state index in [1.807, 2.05) is 0 Å². The Morgan fingerprint density at radius 1 is 1.26 bits per heavy atom. The van der Waals surface area contributed by atoms with Crippen LogP contribution >= 0.6 is 0 Å². The Hall–Kier alpha value is -3.29. The SMILES string of the molecule is Nc1ncc(-c2ccc(F)cc2)c(C2CCCN(C(=O)c3ccn[nH]3)C2)n1. The van der Waals surface area contributed by atoms with E-state index in [2.05, 4.69) is 20.2 Å². The van der Waals surface area contributed by atoms with Crippen LogP contribution in [0.1, 0.15) is 34.9 Å². The summed E-state index contributed by atoms with van der Waals surface area (Å²) in [6.07, 6.45) is 4.97. The van der Waals surface area contributed by atoms with Crippen LogP contribution in [0.4, 0.5) is 10.3 Å². The van der Waals surface area contributed by atoms with Gasteiger partial charge in [0, 0.05) is 37.0 Å². The highest BCUT2D eigenvalue weighted by Crippen LogP contribution is 2.33. The fraction of sp³-hybridized carbons (Fsp3) is 0.263. The van der Waals surface area contributed by atoms with E-state index in [0.717, 1.165) is 29.7 Å². The second kappa shape index (κ2) is 7.14. The smallest absolute Gasteiger partial charge is 0.271 e. The number of piperidine rings is 1. The Balaban J connectivity index is 1.65. The van der Waals surface area contributed by atoms with Crippen LogP contribution in [0, 0.1) is 5.82 Å². The second-order valence-corrected chi connectivity index (χ2v) is 6.59. The molecule has 3 aromatic rings. The van der Waals surface area contributed by atoms with E-state index in [1.54, 1.807) is 35.5 Å². The van der Waals surface area contributed by atoms with Gasteiger partial charge in [-0.15, -0.1) is 0 Å². The van der Waals surface area contributed by atoms with Crippen molar-refractivity contribution >= 4 is 11.9 Å². The van der Waals surface area contributed by atoms with Crippen LogP contribution in [-0.4, -0.2) is 44.1 Å². The number of benzene rings is 1. The standard InChI is InChI=1S/C19H19FN6O/c20-14-5-3-12(4-6-14)15-10-22-19(21)24-17(15)13-2-1-9-26(11-13)18(27)16-7-8-23-25-16/h3-8,10,13H,1-2,9,11H2,(H,23,25)(H2,21,22,24). The van der Waals surface area contributed by atoms with Crippen LogP contribution in [0.2, 0.25) is 0 Å². The molecule has 8 heteroatoms. The third-order valence-electron chi connectivity index (χ3n) is 4.82. The molecule has 1 aliphatic rings. The van der Waals surface area contributed by atoms with E-state index >= 15 is 0 Å². The van der Waals surface area contributed by atoms with Gasteiger partial charge >= 0.3 is 0 Å². The molecule has 2 aromatic heterocycles. The molecule has 1 aromatic carbocycles. The first-order valence-corrected chi connectivity index (χ1v) is 8.79. The number of aromatic nitrogens is 4. The van der Waals surface area contributed by atoms with Gasteiger partial charge < -0.3 is 10.6 Å². The van der Waals surface area contributed by atoms with Crippen molar-refractivity contribution in [3.63, 3.8) is 0 Å². The first-order chi connectivity index (χ1) is 13.1. The fourth-order valence-electron chi connectivity index (χ4n) is 3.50. The minimum Gasteiger partial charge on any atom is -0.368 e. The monoisotopic (exact) mass is 366 g/mol. The van der Waals surface area contributed by atoms with Gasteiger partial charge in [0.1, 0.15) is 11.5 Å². The lowest BCUT2D eigenvalue weighted by molar-refractivity contribution is 0.0700. The van der Waals surface area contributed by atoms with Gasteiger partial charge in [-0.25, -0.2) is 14.4 Å². The molecule has 7 nitrogen and oxygen atoms in total. The van der Waals surface area contributed by atoms with Gasteiger partial charge in [0.05, 0.1) is 5.69 Å². The highest BCUT2D eigenvalue weighted by Gasteiger charge is 2.29. The number of carbonyl (C=O) groups excluding carboxylic acids is 1. The molecule has 1 atom stereocenters. The topological polar surface area (TPSA) is 101 Å². The van der Waals surface area contributed by atoms with Gasteiger partial charge in [0.25, 0.3) is 5.91 Å². The third kappa shape index (κ3) is 3.51. The van der Waals surface area contributed by atoms with Crippen LogP contribution in [0.3, 0.4) is 0 Å². The Kier molecular flexibility index (Phi) is 4.53. The molecular formula is C19H19FN6O. The second-order valence-electron chi connectivity index (χ2n) is 6.59. The number of aromatic amines is 1. The summed E-state index contributed by atoms with van der Waals surface area (Å²) in [4.78, 5) is 23.0. The molecule has 0 spiro atoms. The number of hydrogen-bond acceptors (Lipinski definition) is 5. The molecule has 0 saturated carbocycles. The average Bonchev–Trinajstić information content (AvgIpc) is 3.23. The number of nitrogens with zero attached hydrogens (tertiary/aromatic N) is 4. The van der Waals surface area contributed by atoms with Crippen molar-refractivity contribution in [2.45, 2.75) is 18.8 Å². The zero-order valence-corrected chi connectivity index (χ0v) is 14.6. The van der Waals surface area contributed by atoms with Crippen molar-refractivity contribution in [3.8, 4) is 11.1 Å². The largest absolute Gasteiger partial charge is 0.368 e. The quantitative estimate of drug-likeness (QED) is 0.742. The van der Waals surface area contributed by atoms with Crippen molar-refractivity contribution in [2.24, 2.45) is 0 Å². The molecule has 1 unspecified atom stereocenters. The lowest BCUT2D eigenvalue weighted by atomic mass is 9.90. The number of H-pyrrole nitrogens is 1. The van der Waals surface area contributed by atoms with E-state index in [0.29, 0.717) is 18.8 Å². The highest BCUT2D eigenvalue weighted by molar-refractivity contribution is 5.92. The first kappa shape index (κ1) is 17.1. The van der Waals surface area contributed by atoms with Gasteiger partial charge in [0.15, 0.2) is 0 Å². The molecule has 3 heterocycles. The number of nitrogen functional groups attached to an aromatic ring is 1. The Morgan fingerprint density at radius 2 is 2.07 bits per heavy atom. The fourth-order valence-corrected chi connectivity index (χ4v) is 3.50. The van der Waals surface area contributed by atoms with Crippen molar-refractivity contribution < 1.29 is 9.18 Å². The summed E-state index contributed by atoms with van der Waals surface area (Å²) >= 11 is 0. The summed E-state index contributed by atoms with van der Waals surface area (Å²) in [6, 6.07) is 7.88. The molecule has 4 rings (SSSR count). The molecular weight excluding hydrogens is 347 g/mol. The maximum absolute atomic E-state index is 13.3. The van der Waals surface area contributed by atoms with E-state index in [4.69, 9.17) is 5.73 Å². The normalized spacial score (nSPS) is 17.1. The van der Waals surface area contributed by atoms with Crippen molar-refractivity contribution in [1.82, 2.24) is 25.1 Å². The van der Waals surface area contributed by atoms with E-state index in [-0.39, 0.29) is 23.6 Å². The molecule has 1 saturated heterocycles. The summed E-state index contributed by atoms with van der Waals surface area (Å²) in [5.74, 6) is -0.169. The molecule has 27 heavy (non-hydrogen) atoms. The zero-order valence-electron chi connectivity index (χ0n) is 14.6. The first-order valence-electron chi connectivity index (χ1n) is 8.79. The van der Waals surface area contributed by atoms with Gasteiger partial charge in [-0.05, 0) is 36.6 Å². The summed E-state index contributed by atoms with van der Waals surface area (Å²) in [5, 5.41) is 6.57. The van der Waals surface area contributed by atoms with Crippen molar-refractivity contribution in [3.05, 3.63) is 59.9 Å². The van der Waals surface area contributed by atoms with E-state index in [9.17, 15) is 9.18 Å². The van der Waals surface area contributed by atoms with Gasteiger partial charge in [-0.3, -0.25) is 9.89 Å². The summed E-state index contributed by atoms with van der Waals surface area (Å²) < 4.78 is 13.3. The molecule has 1 aliphatic heterocycles. The van der Waals surface area contributed by atoms with Crippen LogP contribution < -0.4 is 5.73 Å². The summed E-state index contributed by atoms with van der Waals surface area (Å²) in [6.45, 7) is 1.21. The Bertz CT molecular complexity index is 941. The minimum atomic E-state index is -0.300. The number of rotatable bonds is 3. The van der Waals surface area contributed by atoms with Gasteiger partial charge in [0.2, 0.25) is 5.95 Å². The lowest BCUT2D eigenvalue weighted by Crippen LogP contribution is -2.39. The molecule has 0 bridgehead atoms. The van der Waals surface area contributed by atoms with E-state index < -0.39 is 0 Å². The predicted octanol–water partition coefficient (Wildman–Crippen LogP) is 2.61. The Morgan fingerprint density at radius 3 is 2.81 bits per heavy atom. The molecule has 1 fully saturated rings. The highest BCUT2D eigenvalue weighted by atomic mass is 19.1. The number of nitrogens with one attached hydrogen (secondary N) is 1. The average molecular weight is 366 g/mol. The van der Waals surface area contributed by atoms with Crippen LogP contribution in [0.5, 0.6) is 0 Å². The number of nitrogens with two attached hydrogens (primary N) is 1. The lowest BCUT2D eigenvalue weighted by Gasteiger charge is -2.33. The number of halogens is 1. The number of hydrogen-bond donors (Lipinski definition) is 2. The van der Waals surface area contributed by atoms with Gasteiger partial charge in [-0.1, -0.05) is 12.1 Å². The maximum Gasteiger partial charge on any atom is 0.271 e. The van der Waals surface area contributed by atoms with Crippen molar-refractivity contribution in [1.29, 1.82) is 0 Å². The maximum atomic E-state index is 13.3.